The third kappa shape index (κ3) is 1.68. The summed E-state index contributed by atoms with van der Waals surface area (Å²) in [6.45, 7) is 1.24. The van der Waals surface area contributed by atoms with E-state index in [9.17, 15) is 0 Å². The first-order valence-electron chi connectivity index (χ1n) is 3.21. The normalized spacial score (nSPS) is 18.4. The van der Waals surface area contributed by atoms with E-state index in [0.717, 1.165) is 25.1 Å². The molecule has 0 saturated carbocycles. The largest absolute Gasteiger partial charge is 0.396 e. The Morgan fingerprint density at radius 3 is 3.00 bits per heavy atom. The minimum Gasteiger partial charge on any atom is -0.396 e. The van der Waals surface area contributed by atoms with Crippen molar-refractivity contribution in [3.8, 4) is 0 Å². The summed E-state index contributed by atoms with van der Waals surface area (Å²) in [5.41, 5.74) is 1.13. The van der Waals surface area contributed by atoms with Crippen molar-refractivity contribution in [3.63, 3.8) is 0 Å². The van der Waals surface area contributed by atoms with Crippen LogP contribution >= 0.6 is 0 Å². The van der Waals surface area contributed by atoms with Gasteiger partial charge >= 0.3 is 0 Å². The number of hydrogen-bond acceptors (Lipinski definition) is 3. The van der Waals surface area contributed by atoms with E-state index in [1.54, 1.807) is 0 Å². The lowest BCUT2D eigenvalue weighted by Crippen LogP contribution is -2.04. The van der Waals surface area contributed by atoms with E-state index in [2.05, 4.69) is 5.10 Å². The SMILES string of the molecule is CN1CCC(CCO)=N1. The van der Waals surface area contributed by atoms with Gasteiger partial charge in [-0.25, -0.2) is 0 Å². The summed E-state index contributed by atoms with van der Waals surface area (Å²) in [6.07, 6.45) is 1.77. The summed E-state index contributed by atoms with van der Waals surface area (Å²) in [4.78, 5) is 0. The molecule has 0 amide bonds. The van der Waals surface area contributed by atoms with Gasteiger partial charge < -0.3 is 5.11 Å². The van der Waals surface area contributed by atoms with E-state index >= 15 is 0 Å². The summed E-state index contributed by atoms with van der Waals surface area (Å²) >= 11 is 0. The number of nitrogens with zero attached hydrogens (tertiary/aromatic N) is 2. The molecule has 1 rings (SSSR count). The second-order valence-electron chi connectivity index (χ2n) is 2.27. The highest BCUT2D eigenvalue weighted by molar-refractivity contribution is 5.85. The molecule has 1 N–H and O–H groups in total. The van der Waals surface area contributed by atoms with Crippen LogP contribution in [0.4, 0.5) is 0 Å². The first-order chi connectivity index (χ1) is 4.33. The molecule has 0 aliphatic carbocycles. The van der Waals surface area contributed by atoms with Crippen LogP contribution in [0.1, 0.15) is 12.8 Å². The molecule has 0 fully saturated rings. The Morgan fingerprint density at radius 2 is 2.56 bits per heavy atom. The molecule has 0 unspecified atom stereocenters. The molecule has 0 bridgehead atoms. The summed E-state index contributed by atoms with van der Waals surface area (Å²) < 4.78 is 0. The molecule has 0 aromatic carbocycles. The molecule has 0 aromatic heterocycles. The zero-order valence-electron chi connectivity index (χ0n) is 5.67. The van der Waals surface area contributed by atoms with Gasteiger partial charge in [-0.1, -0.05) is 0 Å². The Labute approximate surface area is 55.0 Å². The summed E-state index contributed by atoms with van der Waals surface area (Å²) in [5, 5.41) is 14.6. The van der Waals surface area contributed by atoms with Crippen LogP contribution in [-0.2, 0) is 0 Å². The van der Waals surface area contributed by atoms with E-state index in [4.69, 9.17) is 5.11 Å². The lowest BCUT2D eigenvalue weighted by molar-refractivity contribution is 0.306. The van der Waals surface area contributed by atoms with Gasteiger partial charge in [-0.05, 0) is 0 Å². The molecule has 0 atom stereocenters. The lowest BCUT2D eigenvalue weighted by Gasteiger charge is -2.00. The molecule has 1 aliphatic rings. The Kier molecular flexibility index (Phi) is 2.05. The van der Waals surface area contributed by atoms with Crippen LogP contribution in [0.25, 0.3) is 0 Å². The maximum absolute atomic E-state index is 8.51. The molecule has 0 aromatic rings. The van der Waals surface area contributed by atoms with Crippen LogP contribution in [0.2, 0.25) is 0 Å². The van der Waals surface area contributed by atoms with E-state index < -0.39 is 0 Å². The smallest absolute Gasteiger partial charge is 0.0483 e. The number of hydrogen-bond donors (Lipinski definition) is 1. The predicted molar refractivity (Wildman–Crippen MR) is 36.4 cm³/mol. The van der Waals surface area contributed by atoms with Gasteiger partial charge in [0.1, 0.15) is 0 Å². The van der Waals surface area contributed by atoms with Crippen LogP contribution in [0.15, 0.2) is 5.10 Å². The molecule has 52 valence electrons. The first-order valence-corrected chi connectivity index (χ1v) is 3.21. The second kappa shape index (κ2) is 2.82. The van der Waals surface area contributed by atoms with E-state index in [1.807, 2.05) is 12.1 Å². The van der Waals surface area contributed by atoms with Crippen LogP contribution in [-0.4, -0.2) is 36.0 Å². The van der Waals surface area contributed by atoms with Crippen molar-refractivity contribution in [1.29, 1.82) is 0 Å². The highest BCUT2D eigenvalue weighted by Gasteiger charge is 2.08. The van der Waals surface area contributed by atoms with Crippen molar-refractivity contribution in [2.24, 2.45) is 5.10 Å². The van der Waals surface area contributed by atoms with E-state index in [1.165, 1.54) is 0 Å². The van der Waals surface area contributed by atoms with Gasteiger partial charge in [-0.3, -0.25) is 5.01 Å². The maximum atomic E-state index is 8.51. The number of aliphatic hydroxyl groups is 1. The zero-order chi connectivity index (χ0) is 6.69. The van der Waals surface area contributed by atoms with Gasteiger partial charge in [0.2, 0.25) is 0 Å². The molecule has 1 aliphatic heterocycles. The lowest BCUT2D eigenvalue weighted by atomic mass is 10.2. The number of hydrazone groups is 1. The van der Waals surface area contributed by atoms with Crippen LogP contribution in [0.3, 0.4) is 0 Å². The average molecular weight is 128 g/mol. The van der Waals surface area contributed by atoms with Gasteiger partial charge in [-0.15, -0.1) is 0 Å². The highest BCUT2D eigenvalue weighted by atomic mass is 16.3. The minimum absolute atomic E-state index is 0.229. The van der Waals surface area contributed by atoms with Crippen LogP contribution < -0.4 is 0 Å². The third-order valence-corrected chi connectivity index (χ3v) is 1.44. The fourth-order valence-electron chi connectivity index (χ4n) is 0.936. The molecular formula is C6H12N2O. The van der Waals surface area contributed by atoms with Crippen LogP contribution in [0, 0.1) is 0 Å². The van der Waals surface area contributed by atoms with Gasteiger partial charge in [0.25, 0.3) is 0 Å². The molecule has 0 saturated heterocycles. The molecule has 3 heteroatoms. The Hall–Kier alpha value is -0.570. The quantitative estimate of drug-likeness (QED) is 0.571. The van der Waals surface area contributed by atoms with Crippen molar-refractivity contribution >= 4 is 5.71 Å². The Balaban J connectivity index is 2.33. The summed E-state index contributed by atoms with van der Waals surface area (Å²) in [7, 11) is 1.95. The Bertz CT molecular complexity index is 122. The van der Waals surface area contributed by atoms with Gasteiger partial charge in [0.05, 0.1) is 0 Å². The van der Waals surface area contributed by atoms with Crippen molar-refractivity contribution in [1.82, 2.24) is 5.01 Å². The predicted octanol–water partition coefficient (Wildman–Crippen LogP) is 0.0603. The van der Waals surface area contributed by atoms with Crippen molar-refractivity contribution < 1.29 is 5.11 Å². The molecule has 0 radical (unpaired) electrons. The van der Waals surface area contributed by atoms with E-state index in [-0.39, 0.29) is 6.61 Å². The average Bonchev–Trinajstić information content (AvgIpc) is 2.17. The molecule has 1 heterocycles. The number of aliphatic hydroxyl groups excluding tert-OH is 1. The Morgan fingerprint density at radius 1 is 1.78 bits per heavy atom. The standard InChI is InChI=1S/C6H12N2O/c1-8-4-2-6(7-8)3-5-9/h9H,2-5H2,1H3. The monoisotopic (exact) mass is 128 g/mol. The van der Waals surface area contributed by atoms with Gasteiger partial charge in [0.15, 0.2) is 0 Å². The fourth-order valence-corrected chi connectivity index (χ4v) is 0.936. The molecule has 9 heavy (non-hydrogen) atoms. The number of rotatable bonds is 2. The first kappa shape index (κ1) is 6.55. The maximum Gasteiger partial charge on any atom is 0.0483 e. The van der Waals surface area contributed by atoms with Crippen molar-refractivity contribution in [2.75, 3.05) is 20.2 Å². The van der Waals surface area contributed by atoms with Crippen molar-refractivity contribution in [2.45, 2.75) is 12.8 Å². The molecular weight excluding hydrogens is 116 g/mol. The topological polar surface area (TPSA) is 35.8 Å². The highest BCUT2D eigenvalue weighted by Crippen LogP contribution is 2.04. The third-order valence-electron chi connectivity index (χ3n) is 1.44. The summed E-state index contributed by atoms with van der Waals surface area (Å²) in [5.74, 6) is 0. The van der Waals surface area contributed by atoms with Gasteiger partial charge in [-0.2, -0.15) is 5.10 Å². The second-order valence-corrected chi connectivity index (χ2v) is 2.27. The van der Waals surface area contributed by atoms with Crippen molar-refractivity contribution in [3.05, 3.63) is 0 Å². The van der Waals surface area contributed by atoms with Crippen LogP contribution in [0.5, 0.6) is 0 Å². The molecule has 0 spiro atoms. The van der Waals surface area contributed by atoms with Gasteiger partial charge in [0, 0.05) is 38.8 Å². The zero-order valence-corrected chi connectivity index (χ0v) is 5.67. The van der Waals surface area contributed by atoms with E-state index in [0.29, 0.717) is 0 Å². The summed E-state index contributed by atoms with van der Waals surface area (Å²) in [6, 6.07) is 0. The molecule has 3 nitrogen and oxygen atoms in total. The minimum atomic E-state index is 0.229. The fraction of sp³-hybridized carbons (Fsp3) is 0.833.